The summed E-state index contributed by atoms with van der Waals surface area (Å²) in [5, 5.41) is 0. The van der Waals surface area contributed by atoms with E-state index < -0.39 is 0 Å². The van der Waals surface area contributed by atoms with Crippen LogP contribution in [0.3, 0.4) is 0 Å². The highest BCUT2D eigenvalue weighted by atomic mass is 16.2. The quantitative estimate of drug-likeness (QED) is 0.797. The van der Waals surface area contributed by atoms with Crippen LogP contribution in [0.1, 0.15) is 30.0 Å². The van der Waals surface area contributed by atoms with Gasteiger partial charge in [0.15, 0.2) is 0 Å². The SMILES string of the molecule is CCN(CC)c1ccc(C(=O)N2CCN(Cc3nccn3C)CC2)cc1. The van der Waals surface area contributed by atoms with E-state index in [1.54, 1.807) is 0 Å². The van der Waals surface area contributed by atoms with Gasteiger partial charge in [-0.15, -0.1) is 0 Å². The fourth-order valence-electron chi connectivity index (χ4n) is 3.44. The Labute approximate surface area is 156 Å². The first-order valence-electron chi connectivity index (χ1n) is 9.45. The van der Waals surface area contributed by atoms with Crippen LogP contribution in [-0.2, 0) is 13.6 Å². The van der Waals surface area contributed by atoms with Gasteiger partial charge in [0.1, 0.15) is 5.82 Å². The highest BCUT2D eigenvalue weighted by Crippen LogP contribution is 2.17. The highest BCUT2D eigenvalue weighted by molar-refractivity contribution is 5.94. The molecule has 6 heteroatoms. The van der Waals surface area contributed by atoms with Crippen LogP contribution >= 0.6 is 0 Å². The number of aryl methyl sites for hydroxylation is 1. The zero-order valence-electron chi connectivity index (χ0n) is 16.1. The summed E-state index contributed by atoms with van der Waals surface area (Å²) in [5.74, 6) is 1.20. The van der Waals surface area contributed by atoms with Crippen molar-refractivity contribution in [3.8, 4) is 0 Å². The lowest BCUT2D eigenvalue weighted by Crippen LogP contribution is -2.48. The predicted octanol–water partition coefficient (Wildman–Crippen LogP) is 2.22. The van der Waals surface area contributed by atoms with Gasteiger partial charge in [0.05, 0.1) is 6.54 Å². The molecule has 1 saturated heterocycles. The van der Waals surface area contributed by atoms with E-state index in [-0.39, 0.29) is 5.91 Å². The summed E-state index contributed by atoms with van der Waals surface area (Å²) < 4.78 is 2.05. The van der Waals surface area contributed by atoms with E-state index in [9.17, 15) is 4.79 Å². The number of piperazine rings is 1. The molecular formula is C20H29N5O. The van der Waals surface area contributed by atoms with Gasteiger partial charge in [-0.1, -0.05) is 0 Å². The molecule has 3 rings (SSSR count). The maximum atomic E-state index is 12.8. The second-order valence-electron chi connectivity index (χ2n) is 6.74. The smallest absolute Gasteiger partial charge is 0.253 e. The molecule has 1 fully saturated rings. The zero-order chi connectivity index (χ0) is 18.5. The molecule has 0 radical (unpaired) electrons. The zero-order valence-corrected chi connectivity index (χ0v) is 16.1. The first-order valence-corrected chi connectivity index (χ1v) is 9.45. The summed E-state index contributed by atoms with van der Waals surface area (Å²) in [7, 11) is 2.02. The van der Waals surface area contributed by atoms with E-state index in [4.69, 9.17) is 0 Å². The minimum atomic E-state index is 0.132. The van der Waals surface area contributed by atoms with E-state index in [2.05, 4.69) is 45.3 Å². The van der Waals surface area contributed by atoms with E-state index in [1.165, 1.54) is 5.69 Å². The van der Waals surface area contributed by atoms with Gasteiger partial charge in [-0.3, -0.25) is 9.69 Å². The molecule has 1 aliphatic heterocycles. The third-order valence-electron chi connectivity index (χ3n) is 5.19. The largest absolute Gasteiger partial charge is 0.372 e. The molecule has 2 heterocycles. The van der Waals surface area contributed by atoms with E-state index in [0.29, 0.717) is 0 Å². The lowest BCUT2D eigenvalue weighted by molar-refractivity contribution is 0.0624. The number of amides is 1. The fourth-order valence-corrected chi connectivity index (χ4v) is 3.44. The van der Waals surface area contributed by atoms with Crippen molar-refractivity contribution in [2.75, 3.05) is 44.2 Å². The Morgan fingerprint density at radius 2 is 1.73 bits per heavy atom. The molecule has 1 aliphatic rings. The number of carbonyl (C=O) groups excluding carboxylic acids is 1. The van der Waals surface area contributed by atoms with Gasteiger partial charge in [-0.05, 0) is 38.1 Å². The van der Waals surface area contributed by atoms with Crippen LogP contribution in [0.5, 0.6) is 0 Å². The summed E-state index contributed by atoms with van der Waals surface area (Å²) in [6.45, 7) is 10.4. The van der Waals surface area contributed by atoms with Crippen molar-refractivity contribution in [2.45, 2.75) is 20.4 Å². The lowest BCUT2D eigenvalue weighted by Gasteiger charge is -2.34. The number of imidazole rings is 1. The second kappa shape index (κ2) is 8.36. The summed E-state index contributed by atoms with van der Waals surface area (Å²) in [6, 6.07) is 8.02. The van der Waals surface area contributed by atoms with Crippen molar-refractivity contribution in [3.63, 3.8) is 0 Å². The molecule has 0 bridgehead atoms. The third-order valence-corrected chi connectivity index (χ3v) is 5.19. The Morgan fingerprint density at radius 1 is 1.08 bits per heavy atom. The van der Waals surface area contributed by atoms with Crippen LogP contribution < -0.4 is 4.90 Å². The Hall–Kier alpha value is -2.34. The van der Waals surface area contributed by atoms with Crippen molar-refractivity contribution >= 4 is 11.6 Å². The van der Waals surface area contributed by atoms with E-state index in [1.807, 2.05) is 36.5 Å². The molecule has 1 aromatic carbocycles. The minimum Gasteiger partial charge on any atom is -0.372 e. The molecule has 0 spiro atoms. The number of carbonyl (C=O) groups is 1. The number of hydrogen-bond donors (Lipinski definition) is 0. The van der Waals surface area contributed by atoms with Crippen molar-refractivity contribution in [1.29, 1.82) is 0 Å². The number of rotatable bonds is 6. The first-order chi connectivity index (χ1) is 12.6. The van der Waals surface area contributed by atoms with Gasteiger partial charge in [0.2, 0.25) is 0 Å². The minimum absolute atomic E-state index is 0.132. The number of benzene rings is 1. The Kier molecular flexibility index (Phi) is 5.93. The second-order valence-corrected chi connectivity index (χ2v) is 6.74. The normalized spacial score (nSPS) is 15.3. The molecule has 6 nitrogen and oxygen atoms in total. The predicted molar refractivity (Wildman–Crippen MR) is 104 cm³/mol. The van der Waals surface area contributed by atoms with Crippen LogP contribution in [-0.4, -0.2) is 64.5 Å². The fraction of sp³-hybridized carbons (Fsp3) is 0.500. The van der Waals surface area contributed by atoms with Crippen molar-refractivity contribution in [1.82, 2.24) is 19.4 Å². The van der Waals surface area contributed by atoms with Crippen LogP contribution in [0, 0.1) is 0 Å². The Morgan fingerprint density at radius 3 is 2.27 bits per heavy atom. The molecule has 0 saturated carbocycles. The molecule has 0 atom stereocenters. The molecule has 1 aromatic heterocycles. The maximum absolute atomic E-state index is 12.8. The summed E-state index contributed by atoms with van der Waals surface area (Å²) in [4.78, 5) is 23.8. The molecule has 0 aliphatic carbocycles. The average molecular weight is 355 g/mol. The van der Waals surface area contributed by atoms with Crippen molar-refractivity contribution < 1.29 is 4.79 Å². The average Bonchev–Trinajstić information content (AvgIpc) is 3.08. The van der Waals surface area contributed by atoms with Crippen LogP contribution in [0.25, 0.3) is 0 Å². The number of anilines is 1. The standard InChI is InChI=1S/C20H29N5O/c1-4-24(5-2)18-8-6-17(7-9-18)20(26)25-14-12-23(13-15-25)16-19-21-10-11-22(19)3/h6-11H,4-5,12-16H2,1-3H3. The van der Waals surface area contributed by atoms with Crippen molar-refractivity contribution in [3.05, 3.63) is 48.0 Å². The summed E-state index contributed by atoms with van der Waals surface area (Å²) in [6.07, 6.45) is 3.80. The van der Waals surface area contributed by atoms with Crippen LogP contribution in [0.4, 0.5) is 5.69 Å². The molecule has 140 valence electrons. The Balaban J connectivity index is 1.55. The number of aromatic nitrogens is 2. The van der Waals surface area contributed by atoms with Crippen molar-refractivity contribution in [2.24, 2.45) is 7.05 Å². The highest BCUT2D eigenvalue weighted by Gasteiger charge is 2.22. The molecular weight excluding hydrogens is 326 g/mol. The van der Waals surface area contributed by atoms with Gasteiger partial charge in [-0.25, -0.2) is 4.98 Å². The molecule has 2 aromatic rings. The number of hydrogen-bond acceptors (Lipinski definition) is 4. The van der Waals surface area contributed by atoms with Gasteiger partial charge in [0, 0.05) is 70.0 Å². The Bertz CT molecular complexity index is 712. The van der Waals surface area contributed by atoms with Gasteiger partial charge in [-0.2, -0.15) is 0 Å². The summed E-state index contributed by atoms with van der Waals surface area (Å²) >= 11 is 0. The summed E-state index contributed by atoms with van der Waals surface area (Å²) in [5.41, 5.74) is 1.95. The topological polar surface area (TPSA) is 44.6 Å². The van der Waals surface area contributed by atoms with E-state index >= 15 is 0 Å². The van der Waals surface area contributed by atoms with Gasteiger partial charge < -0.3 is 14.4 Å². The van der Waals surface area contributed by atoms with Gasteiger partial charge in [0.25, 0.3) is 5.91 Å². The maximum Gasteiger partial charge on any atom is 0.253 e. The third kappa shape index (κ3) is 4.07. The molecule has 26 heavy (non-hydrogen) atoms. The first kappa shape index (κ1) is 18.5. The monoisotopic (exact) mass is 355 g/mol. The molecule has 1 amide bonds. The lowest BCUT2D eigenvalue weighted by atomic mass is 10.1. The van der Waals surface area contributed by atoms with Crippen LogP contribution in [0.15, 0.2) is 36.7 Å². The van der Waals surface area contributed by atoms with E-state index in [0.717, 1.165) is 57.2 Å². The van der Waals surface area contributed by atoms with Gasteiger partial charge >= 0.3 is 0 Å². The number of nitrogens with zero attached hydrogens (tertiary/aromatic N) is 5. The molecule has 0 unspecified atom stereocenters. The molecule has 0 N–H and O–H groups in total. The van der Waals surface area contributed by atoms with Crippen LogP contribution in [0.2, 0.25) is 0 Å².